The number of nitrogens with zero attached hydrogens (tertiary/aromatic N) is 7. The van der Waals surface area contributed by atoms with Crippen LogP contribution in [0.1, 0.15) is 58.9 Å². The maximum absolute atomic E-state index is 14.3. The van der Waals surface area contributed by atoms with Crippen molar-refractivity contribution in [1.82, 2.24) is 34.2 Å². The molecule has 2 aromatic carbocycles. The molecule has 3 aromatic heterocycles. The molecule has 0 N–H and O–H groups in total. The molecule has 0 unspecified atom stereocenters. The van der Waals surface area contributed by atoms with Crippen LogP contribution in [0.2, 0.25) is 0 Å². The van der Waals surface area contributed by atoms with Crippen molar-refractivity contribution in [3.8, 4) is 0 Å². The highest BCUT2D eigenvalue weighted by atomic mass is 32.1. The van der Waals surface area contributed by atoms with Crippen molar-refractivity contribution in [3.63, 3.8) is 0 Å². The van der Waals surface area contributed by atoms with Gasteiger partial charge in [-0.25, -0.2) is 22.8 Å². The fourth-order valence-electron chi connectivity index (χ4n) is 5.81. The van der Waals surface area contributed by atoms with E-state index >= 15 is 0 Å². The first-order valence-corrected chi connectivity index (χ1v) is 15.0. The lowest BCUT2D eigenvalue weighted by Crippen LogP contribution is -2.58. The number of thiazole rings is 1. The molecule has 6 rings (SSSR count). The third-order valence-electron chi connectivity index (χ3n) is 8.06. The van der Waals surface area contributed by atoms with E-state index in [9.17, 15) is 22.8 Å². The summed E-state index contributed by atoms with van der Waals surface area (Å²) in [7, 11) is 0. The van der Waals surface area contributed by atoms with Gasteiger partial charge in [0.05, 0.1) is 17.9 Å². The first kappa shape index (κ1) is 29.7. The molecule has 0 aliphatic carbocycles. The number of amides is 1. The number of carbonyl (C=O) groups is 1. The Morgan fingerprint density at radius 2 is 1.73 bits per heavy atom. The van der Waals surface area contributed by atoms with Crippen molar-refractivity contribution in [2.75, 3.05) is 13.1 Å². The Kier molecular flexibility index (Phi) is 8.08. The molecule has 1 amide bonds. The van der Waals surface area contributed by atoms with Gasteiger partial charge < -0.3 is 4.90 Å². The molecule has 0 bridgehead atoms. The zero-order valence-electron chi connectivity index (χ0n) is 24.3. The van der Waals surface area contributed by atoms with Gasteiger partial charge in [-0.3, -0.25) is 18.9 Å². The van der Waals surface area contributed by atoms with E-state index in [-0.39, 0.29) is 29.1 Å². The van der Waals surface area contributed by atoms with E-state index in [2.05, 4.69) is 20.2 Å². The van der Waals surface area contributed by atoms with E-state index in [4.69, 9.17) is 0 Å². The Hall–Kier alpha value is -4.36. The maximum Gasteiger partial charge on any atom is 0.271 e. The molecular weight excluding hydrogens is 591 g/mol. The number of hydrogen-bond acceptors (Lipinski definition) is 7. The van der Waals surface area contributed by atoms with E-state index in [0.717, 1.165) is 10.4 Å². The average Bonchev–Trinajstić information content (AvgIpc) is 3.62. The highest BCUT2D eigenvalue weighted by Crippen LogP contribution is 2.26. The summed E-state index contributed by atoms with van der Waals surface area (Å²) in [5, 5.41) is 8.25. The minimum atomic E-state index is -0.990. The van der Waals surface area contributed by atoms with Crippen LogP contribution >= 0.6 is 11.3 Å². The summed E-state index contributed by atoms with van der Waals surface area (Å²) >= 11 is 1.42. The van der Waals surface area contributed by atoms with Crippen LogP contribution in [0.4, 0.5) is 13.2 Å². The number of hydrogen-bond donors (Lipinski definition) is 0. The summed E-state index contributed by atoms with van der Waals surface area (Å²) in [6.07, 6.45) is 5.41. The van der Waals surface area contributed by atoms with Crippen LogP contribution in [0, 0.1) is 17.5 Å². The Bertz CT molecular complexity index is 1860. The third kappa shape index (κ3) is 5.76. The molecule has 13 heteroatoms. The van der Waals surface area contributed by atoms with E-state index in [0.29, 0.717) is 48.8 Å². The standard InChI is InChI=1S/C31H30F3N7O2S/c1-18-13-38(29(42)25-12-35-31-40(30(25)43)17-24(44-31)9-21-7-5-4-6-8-21)14-19(2)39(18)15-23-16-41(37-36-23)20(3)28-26(33)10-22(32)11-27(28)34/h4-8,10-12,16-20H,9,13-15H2,1-3H3/t18-,19+,20-/m1/s1. The number of fused-ring (bicyclic) bond motifs is 1. The predicted molar refractivity (Wildman–Crippen MR) is 159 cm³/mol. The lowest BCUT2D eigenvalue weighted by atomic mass is 10.1. The van der Waals surface area contributed by atoms with Crippen molar-refractivity contribution in [1.29, 1.82) is 0 Å². The molecule has 5 aromatic rings. The molecular formula is C31H30F3N7O2S. The maximum atomic E-state index is 14.3. The van der Waals surface area contributed by atoms with Gasteiger partial charge >= 0.3 is 0 Å². The van der Waals surface area contributed by atoms with Crippen molar-refractivity contribution < 1.29 is 18.0 Å². The number of piperazine rings is 1. The van der Waals surface area contributed by atoms with E-state index in [1.807, 2.05) is 44.2 Å². The van der Waals surface area contributed by atoms with Gasteiger partial charge in [-0.15, -0.1) is 16.4 Å². The first-order valence-electron chi connectivity index (χ1n) is 14.2. The first-order chi connectivity index (χ1) is 21.1. The van der Waals surface area contributed by atoms with E-state index < -0.39 is 29.1 Å². The number of carbonyl (C=O) groups excluding carboxylic acids is 1. The van der Waals surface area contributed by atoms with Crippen LogP contribution in [-0.4, -0.2) is 65.3 Å². The van der Waals surface area contributed by atoms with Gasteiger partial charge in [-0.05, 0) is 26.3 Å². The normalized spacial score (nSPS) is 18.2. The predicted octanol–water partition coefficient (Wildman–Crippen LogP) is 4.70. The quantitative estimate of drug-likeness (QED) is 0.262. The van der Waals surface area contributed by atoms with Gasteiger partial charge in [0.1, 0.15) is 23.0 Å². The molecule has 44 heavy (non-hydrogen) atoms. The van der Waals surface area contributed by atoms with Crippen LogP contribution in [0.5, 0.6) is 0 Å². The highest BCUT2D eigenvalue weighted by Gasteiger charge is 2.34. The van der Waals surface area contributed by atoms with Crippen molar-refractivity contribution in [2.24, 2.45) is 0 Å². The molecule has 1 saturated heterocycles. The lowest BCUT2D eigenvalue weighted by Gasteiger charge is -2.44. The number of halogens is 3. The molecule has 4 heterocycles. The van der Waals surface area contributed by atoms with Crippen LogP contribution in [0.3, 0.4) is 0 Å². The zero-order valence-corrected chi connectivity index (χ0v) is 25.1. The van der Waals surface area contributed by atoms with Crippen LogP contribution in [0.25, 0.3) is 4.96 Å². The smallest absolute Gasteiger partial charge is 0.271 e. The highest BCUT2D eigenvalue weighted by molar-refractivity contribution is 7.17. The monoisotopic (exact) mass is 621 g/mol. The Labute approximate surface area is 255 Å². The fraction of sp³-hybridized carbons (Fsp3) is 0.323. The summed E-state index contributed by atoms with van der Waals surface area (Å²) in [6, 6.07) is 10.2. The van der Waals surface area contributed by atoms with E-state index in [1.165, 1.54) is 26.6 Å². The van der Waals surface area contributed by atoms with E-state index in [1.54, 1.807) is 24.2 Å². The number of rotatable bonds is 7. The number of aromatic nitrogens is 5. The van der Waals surface area contributed by atoms with Gasteiger partial charge in [0.2, 0.25) is 0 Å². The van der Waals surface area contributed by atoms with Crippen LogP contribution in [0.15, 0.2) is 65.8 Å². The molecule has 9 nitrogen and oxygen atoms in total. The minimum Gasteiger partial charge on any atom is -0.335 e. The van der Waals surface area contributed by atoms with Gasteiger partial charge in [0.15, 0.2) is 4.96 Å². The third-order valence-corrected chi connectivity index (χ3v) is 9.05. The van der Waals surface area contributed by atoms with Gasteiger partial charge in [0.25, 0.3) is 11.5 Å². The zero-order chi connectivity index (χ0) is 31.1. The second kappa shape index (κ2) is 12.0. The topological polar surface area (TPSA) is 88.6 Å². The fourth-order valence-corrected chi connectivity index (χ4v) is 6.78. The van der Waals surface area contributed by atoms with Gasteiger partial charge in [-0.1, -0.05) is 35.5 Å². The minimum absolute atomic E-state index is 0.0246. The Morgan fingerprint density at radius 1 is 1.05 bits per heavy atom. The Balaban J connectivity index is 1.14. The number of benzene rings is 2. The second-order valence-corrected chi connectivity index (χ2v) is 12.3. The van der Waals surface area contributed by atoms with Crippen molar-refractivity contribution in [2.45, 2.75) is 51.9 Å². The largest absolute Gasteiger partial charge is 0.335 e. The molecule has 1 aliphatic heterocycles. The van der Waals surface area contributed by atoms with Gasteiger partial charge in [-0.2, -0.15) is 0 Å². The molecule has 1 fully saturated rings. The molecule has 0 spiro atoms. The lowest BCUT2D eigenvalue weighted by molar-refractivity contribution is 0.0262. The molecule has 0 radical (unpaired) electrons. The van der Waals surface area contributed by atoms with Crippen molar-refractivity contribution in [3.05, 3.63) is 116 Å². The Morgan fingerprint density at radius 3 is 2.41 bits per heavy atom. The summed E-state index contributed by atoms with van der Waals surface area (Å²) in [5.41, 5.74) is 1.04. The average molecular weight is 622 g/mol. The summed E-state index contributed by atoms with van der Waals surface area (Å²) in [4.78, 5) is 36.7. The second-order valence-electron chi connectivity index (χ2n) is 11.2. The molecule has 228 valence electrons. The molecule has 1 aliphatic rings. The summed E-state index contributed by atoms with van der Waals surface area (Å²) in [5.74, 6) is -3.34. The summed E-state index contributed by atoms with van der Waals surface area (Å²) < 4.78 is 44.8. The van der Waals surface area contributed by atoms with Crippen LogP contribution < -0.4 is 5.56 Å². The SMILES string of the molecule is C[C@@H]1CN(C(=O)c2cnc3sc(Cc4ccccc4)cn3c2=O)C[C@H](C)N1Cc1cn([C@H](C)c2c(F)cc(F)cc2F)nn1. The van der Waals surface area contributed by atoms with Gasteiger partial charge in [0, 0.05) is 73.1 Å². The molecule has 0 saturated carbocycles. The van der Waals surface area contributed by atoms with Crippen molar-refractivity contribution >= 4 is 22.2 Å². The summed E-state index contributed by atoms with van der Waals surface area (Å²) in [6.45, 7) is 6.67. The molecule has 3 atom stereocenters. The van der Waals surface area contributed by atoms with Crippen LogP contribution in [-0.2, 0) is 13.0 Å².